The predicted molar refractivity (Wildman–Crippen MR) is 31.0 cm³/mol. The van der Waals surface area contributed by atoms with Gasteiger partial charge in [0, 0.05) is 0 Å². The molecule has 4 nitrogen and oxygen atoms in total. The zero-order chi connectivity index (χ0) is 6.69. The van der Waals surface area contributed by atoms with Gasteiger partial charge in [0.2, 0.25) is 5.89 Å². The normalized spacial score (nSPS) is 8.78. The Labute approximate surface area is 56.1 Å². The van der Waals surface area contributed by atoms with Gasteiger partial charge in [-0.1, -0.05) is 0 Å². The number of nitriles is 1. The van der Waals surface area contributed by atoms with E-state index in [9.17, 15) is 0 Å². The maximum absolute atomic E-state index is 8.13. The van der Waals surface area contributed by atoms with Gasteiger partial charge in [0.1, 0.15) is 6.42 Å². The number of nitrogens with zero attached hydrogens (tertiary/aromatic N) is 2. The van der Waals surface area contributed by atoms with Crippen molar-refractivity contribution < 1.29 is 4.42 Å². The fraction of sp³-hybridized carbons (Fsp3) is 0.250. The van der Waals surface area contributed by atoms with E-state index in [0.717, 1.165) is 0 Å². The Kier molecular flexibility index (Phi) is 1.60. The Balaban J connectivity index is 2.88. The lowest BCUT2D eigenvalue weighted by atomic mass is 10.5. The van der Waals surface area contributed by atoms with Crippen molar-refractivity contribution in [3.05, 3.63) is 10.7 Å². The highest BCUT2D eigenvalue weighted by atomic mass is 32.1. The van der Waals surface area contributed by atoms with Crippen LogP contribution in [0.15, 0.2) is 4.42 Å². The number of aromatic amines is 1. The molecule has 0 saturated heterocycles. The van der Waals surface area contributed by atoms with Crippen LogP contribution in [-0.2, 0) is 6.42 Å². The summed E-state index contributed by atoms with van der Waals surface area (Å²) >= 11 is 4.55. The molecule has 1 heterocycles. The summed E-state index contributed by atoms with van der Waals surface area (Å²) in [6.07, 6.45) is 0.160. The molecule has 1 aromatic rings. The minimum atomic E-state index is 0.160. The number of rotatable bonds is 1. The quantitative estimate of drug-likeness (QED) is 0.587. The summed E-state index contributed by atoms with van der Waals surface area (Å²) in [4.78, 5) is 0.209. The summed E-state index contributed by atoms with van der Waals surface area (Å²) < 4.78 is 4.75. The van der Waals surface area contributed by atoms with E-state index in [0.29, 0.717) is 5.89 Å². The second-order valence-electron chi connectivity index (χ2n) is 1.34. The van der Waals surface area contributed by atoms with Gasteiger partial charge in [-0.15, -0.1) is 5.10 Å². The zero-order valence-corrected chi connectivity index (χ0v) is 5.23. The number of H-pyrrole nitrogens is 1. The summed E-state index contributed by atoms with van der Waals surface area (Å²) in [5.41, 5.74) is 0. The van der Waals surface area contributed by atoms with Crippen molar-refractivity contribution in [1.82, 2.24) is 10.2 Å². The van der Waals surface area contributed by atoms with Gasteiger partial charge in [0.25, 0.3) is 4.84 Å². The summed E-state index contributed by atoms with van der Waals surface area (Å²) in [6.45, 7) is 0. The van der Waals surface area contributed by atoms with E-state index in [1.54, 1.807) is 0 Å². The molecule has 1 aromatic heterocycles. The van der Waals surface area contributed by atoms with Crippen molar-refractivity contribution in [2.45, 2.75) is 6.42 Å². The van der Waals surface area contributed by atoms with E-state index in [4.69, 9.17) is 9.68 Å². The van der Waals surface area contributed by atoms with Gasteiger partial charge in [-0.3, -0.25) is 0 Å². The molecule has 0 bridgehead atoms. The molecule has 0 aliphatic heterocycles. The average Bonchev–Trinajstić information content (AvgIpc) is 2.17. The minimum absolute atomic E-state index is 0.160. The molecular weight excluding hydrogens is 138 g/mol. The maximum atomic E-state index is 8.13. The summed E-state index contributed by atoms with van der Waals surface area (Å²) in [5, 5.41) is 14.1. The van der Waals surface area contributed by atoms with Crippen LogP contribution in [0.1, 0.15) is 5.89 Å². The average molecular weight is 141 g/mol. The third-order valence-electron chi connectivity index (χ3n) is 0.713. The van der Waals surface area contributed by atoms with Crippen LogP contribution in [-0.4, -0.2) is 10.2 Å². The SMILES string of the molecule is N#CCc1n[nH]c(=S)o1. The predicted octanol–water partition coefficient (Wildman–Crippen LogP) is 0.798. The molecule has 1 rings (SSSR count). The van der Waals surface area contributed by atoms with E-state index < -0.39 is 0 Å². The summed E-state index contributed by atoms with van der Waals surface area (Å²) in [6, 6.07) is 1.87. The van der Waals surface area contributed by atoms with Gasteiger partial charge in [-0.05, 0) is 12.2 Å². The van der Waals surface area contributed by atoms with Crippen LogP contribution < -0.4 is 0 Å². The fourth-order valence-electron chi connectivity index (χ4n) is 0.404. The molecule has 0 spiro atoms. The van der Waals surface area contributed by atoms with Crippen LogP contribution in [0.4, 0.5) is 0 Å². The summed E-state index contributed by atoms with van der Waals surface area (Å²) in [5.74, 6) is 0.336. The number of hydrogen-bond donors (Lipinski definition) is 1. The fourth-order valence-corrected chi connectivity index (χ4v) is 0.546. The maximum Gasteiger partial charge on any atom is 0.284 e. The van der Waals surface area contributed by atoms with Crippen molar-refractivity contribution >= 4 is 12.2 Å². The first-order valence-corrected chi connectivity index (χ1v) is 2.65. The van der Waals surface area contributed by atoms with Gasteiger partial charge in [0.15, 0.2) is 0 Å². The largest absolute Gasteiger partial charge is 0.413 e. The highest BCUT2D eigenvalue weighted by Crippen LogP contribution is 1.92. The molecule has 0 unspecified atom stereocenters. The second kappa shape index (κ2) is 2.42. The molecule has 0 aromatic carbocycles. The van der Waals surface area contributed by atoms with Gasteiger partial charge < -0.3 is 4.42 Å². The Morgan fingerprint density at radius 3 is 3.11 bits per heavy atom. The summed E-state index contributed by atoms with van der Waals surface area (Å²) in [7, 11) is 0. The van der Waals surface area contributed by atoms with E-state index in [2.05, 4.69) is 22.4 Å². The molecule has 5 heteroatoms. The van der Waals surface area contributed by atoms with Crippen LogP contribution in [0.5, 0.6) is 0 Å². The lowest BCUT2D eigenvalue weighted by Crippen LogP contribution is -1.78. The first kappa shape index (κ1) is 5.98. The van der Waals surface area contributed by atoms with E-state index in [1.165, 1.54) is 0 Å². The third-order valence-corrected chi connectivity index (χ3v) is 0.887. The molecular formula is C4H3N3OS. The zero-order valence-electron chi connectivity index (χ0n) is 4.42. The lowest BCUT2D eigenvalue weighted by Gasteiger charge is -1.73. The van der Waals surface area contributed by atoms with Gasteiger partial charge in [-0.25, -0.2) is 5.10 Å². The minimum Gasteiger partial charge on any atom is -0.413 e. The molecule has 0 radical (unpaired) electrons. The van der Waals surface area contributed by atoms with Crippen LogP contribution in [0.3, 0.4) is 0 Å². The number of hydrogen-bond acceptors (Lipinski definition) is 4. The van der Waals surface area contributed by atoms with Crippen molar-refractivity contribution in [2.75, 3.05) is 0 Å². The molecule has 1 N–H and O–H groups in total. The topological polar surface area (TPSA) is 65.6 Å². The van der Waals surface area contributed by atoms with Crippen LogP contribution in [0.25, 0.3) is 0 Å². The Hall–Kier alpha value is -1.15. The van der Waals surface area contributed by atoms with Gasteiger partial charge in [0.05, 0.1) is 6.07 Å². The van der Waals surface area contributed by atoms with E-state index in [-0.39, 0.29) is 11.3 Å². The number of nitrogens with one attached hydrogen (secondary N) is 1. The second-order valence-corrected chi connectivity index (χ2v) is 1.71. The molecule has 9 heavy (non-hydrogen) atoms. The molecule has 0 amide bonds. The molecule has 46 valence electrons. The highest BCUT2D eigenvalue weighted by molar-refractivity contribution is 7.71. The third kappa shape index (κ3) is 1.37. The monoisotopic (exact) mass is 141 g/mol. The highest BCUT2D eigenvalue weighted by Gasteiger charge is 1.94. The van der Waals surface area contributed by atoms with Gasteiger partial charge >= 0.3 is 0 Å². The Bertz CT molecular complexity index is 280. The smallest absolute Gasteiger partial charge is 0.284 e. The van der Waals surface area contributed by atoms with Crippen LogP contribution in [0, 0.1) is 16.2 Å². The van der Waals surface area contributed by atoms with Crippen molar-refractivity contribution in [3.63, 3.8) is 0 Å². The van der Waals surface area contributed by atoms with E-state index in [1.807, 2.05) is 6.07 Å². The van der Waals surface area contributed by atoms with Crippen molar-refractivity contribution in [2.24, 2.45) is 0 Å². The standard InChI is InChI=1S/C4H3N3OS/c5-2-1-3-6-7-4(9)8-3/h1H2,(H,7,9). The first-order valence-electron chi connectivity index (χ1n) is 2.24. The Morgan fingerprint density at radius 1 is 1.89 bits per heavy atom. The van der Waals surface area contributed by atoms with Crippen LogP contribution >= 0.6 is 12.2 Å². The molecule has 0 aliphatic rings. The van der Waals surface area contributed by atoms with Crippen molar-refractivity contribution in [1.29, 1.82) is 5.26 Å². The molecule has 0 fully saturated rings. The lowest BCUT2D eigenvalue weighted by molar-refractivity contribution is 0.495. The first-order chi connectivity index (χ1) is 4.33. The van der Waals surface area contributed by atoms with E-state index >= 15 is 0 Å². The van der Waals surface area contributed by atoms with Crippen LogP contribution in [0.2, 0.25) is 0 Å². The Morgan fingerprint density at radius 2 is 2.67 bits per heavy atom. The molecule has 0 aliphatic carbocycles. The van der Waals surface area contributed by atoms with Gasteiger partial charge in [-0.2, -0.15) is 5.26 Å². The number of aromatic nitrogens is 2. The molecule has 0 atom stereocenters. The molecule has 0 saturated carbocycles. The van der Waals surface area contributed by atoms with Crippen molar-refractivity contribution in [3.8, 4) is 6.07 Å².